The van der Waals surface area contributed by atoms with Crippen molar-refractivity contribution in [2.75, 3.05) is 19.6 Å². The Balaban J connectivity index is 1.77. The number of nitrogens with zero attached hydrogens (tertiary/aromatic N) is 1. The summed E-state index contributed by atoms with van der Waals surface area (Å²) in [5.41, 5.74) is 0. The van der Waals surface area contributed by atoms with E-state index in [2.05, 4.69) is 24.1 Å². The minimum atomic E-state index is 0.349. The predicted octanol–water partition coefficient (Wildman–Crippen LogP) is 2.80. The van der Waals surface area contributed by atoms with Gasteiger partial charge < -0.3 is 10.2 Å². The first kappa shape index (κ1) is 14.8. The van der Waals surface area contributed by atoms with Crippen LogP contribution in [0.2, 0.25) is 0 Å². The van der Waals surface area contributed by atoms with Gasteiger partial charge in [0.25, 0.3) is 0 Å². The fourth-order valence-corrected chi connectivity index (χ4v) is 3.62. The second kappa shape index (κ2) is 7.28. The van der Waals surface area contributed by atoms with E-state index in [0.717, 1.165) is 32.0 Å². The predicted molar refractivity (Wildman–Crippen MR) is 79.0 cm³/mol. The summed E-state index contributed by atoms with van der Waals surface area (Å²) >= 11 is 0. The van der Waals surface area contributed by atoms with Gasteiger partial charge in [0.05, 0.1) is 0 Å². The van der Waals surface area contributed by atoms with Gasteiger partial charge in [-0.25, -0.2) is 0 Å². The number of hydrogen-bond acceptors (Lipinski definition) is 2. The van der Waals surface area contributed by atoms with Gasteiger partial charge in [-0.2, -0.15) is 0 Å². The molecule has 110 valence electrons. The Kier molecular flexibility index (Phi) is 5.68. The van der Waals surface area contributed by atoms with E-state index in [1.807, 2.05) is 0 Å². The molecule has 2 rings (SSSR count). The van der Waals surface area contributed by atoms with E-state index in [9.17, 15) is 4.79 Å². The molecular formula is C16H30N2O. The van der Waals surface area contributed by atoms with E-state index in [-0.39, 0.29) is 0 Å². The van der Waals surface area contributed by atoms with Crippen molar-refractivity contribution in [2.24, 2.45) is 11.8 Å². The van der Waals surface area contributed by atoms with Gasteiger partial charge in [-0.05, 0) is 44.1 Å². The molecule has 1 aliphatic carbocycles. The topological polar surface area (TPSA) is 32.3 Å². The summed E-state index contributed by atoms with van der Waals surface area (Å²) < 4.78 is 0. The highest BCUT2D eigenvalue weighted by Crippen LogP contribution is 2.24. The molecule has 3 heteroatoms. The van der Waals surface area contributed by atoms with E-state index in [1.165, 1.54) is 32.1 Å². The lowest BCUT2D eigenvalue weighted by Gasteiger charge is -2.37. The molecule has 19 heavy (non-hydrogen) atoms. The van der Waals surface area contributed by atoms with E-state index in [1.54, 1.807) is 0 Å². The van der Waals surface area contributed by atoms with Gasteiger partial charge in [0, 0.05) is 25.6 Å². The van der Waals surface area contributed by atoms with Crippen LogP contribution in [0.15, 0.2) is 0 Å². The zero-order valence-electron chi connectivity index (χ0n) is 12.7. The average molecular weight is 266 g/mol. The average Bonchev–Trinajstić information content (AvgIpc) is 2.89. The summed E-state index contributed by atoms with van der Waals surface area (Å²) in [6, 6.07) is 0.519. The molecule has 2 fully saturated rings. The van der Waals surface area contributed by atoms with Crippen molar-refractivity contribution in [3.8, 4) is 0 Å². The molecule has 2 aliphatic rings. The van der Waals surface area contributed by atoms with Crippen molar-refractivity contribution in [1.82, 2.24) is 10.2 Å². The zero-order valence-corrected chi connectivity index (χ0v) is 12.7. The van der Waals surface area contributed by atoms with Crippen LogP contribution in [-0.4, -0.2) is 36.5 Å². The lowest BCUT2D eigenvalue weighted by molar-refractivity contribution is -0.133. The van der Waals surface area contributed by atoms with Crippen molar-refractivity contribution in [1.29, 1.82) is 0 Å². The van der Waals surface area contributed by atoms with Crippen LogP contribution >= 0.6 is 0 Å². The third-order valence-electron chi connectivity index (χ3n) is 4.65. The molecular weight excluding hydrogens is 236 g/mol. The summed E-state index contributed by atoms with van der Waals surface area (Å²) in [5, 5.41) is 3.73. The lowest BCUT2D eigenvalue weighted by atomic mass is 9.95. The maximum absolute atomic E-state index is 12.0. The fourth-order valence-electron chi connectivity index (χ4n) is 3.62. The first-order valence-electron chi connectivity index (χ1n) is 8.20. The van der Waals surface area contributed by atoms with E-state index < -0.39 is 0 Å². The van der Waals surface area contributed by atoms with Gasteiger partial charge >= 0.3 is 0 Å². The standard InChI is InChI=1S/C16H30N2O/c1-3-6-16(19)18-11-13(2)9-15(12-18)17-10-14-7-4-5-8-14/h13-15,17H,3-12H2,1-2H3. The van der Waals surface area contributed by atoms with E-state index >= 15 is 0 Å². The first-order valence-corrected chi connectivity index (χ1v) is 8.20. The van der Waals surface area contributed by atoms with Gasteiger partial charge in [-0.15, -0.1) is 0 Å². The Labute approximate surface area is 118 Å². The van der Waals surface area contributed by atoms with E-state index in [4.69, 9.17) is 0 Å². The molecule has 2 atom stereocenters. The molecule has 0 spiro atoms. The van der Waals surface area contributed by atoms with Gasteiger partial charge in [-0.1, -0.05) is 26.7 Å². The van der Waals surface area contributed by atoms with Crippen LogP contribution < -0.4 is 5.32 Å². The number of likely N-dealkylation sites (tertiary alicyclic amines) is 1. The molecule has 1 heterocycles. The van der Waals surface area contributed by atoms with Crippen molar-refractivity contribution in [2.45, 2.75) is 64.8 Å². The molecule has 1 N–H and O–H groups in total. The molecule has 1 aliphatic heterocycles. The van der Waals surface area contributed by atoms with Crippen LogP contribution in [0.25, 0.3) is 0 Å². The summed E-state index contributed by atoms with van der Waals surface area (Å²) in [7, 11) is 0. The Morgan fingerprint density at radius 1 is 1.26 bits per heavy atom. The smallest absolute Gasteiger partial charge is 0.222 e. The number of carbonyl (C=O) groups is 1. The van der Waals surface area contributed by atoms with E-state index in [0.29, 0.717) is 24.3 Å². The Hall–Kier alpha value is -0.570. The molecule has 3 nitrogen and oxygen atoms in total. The normalized spacial score (nSPS) is 28.8. The van der Waals surface area contributed by atoms with Crippen molar-refractivity contribution < 1.29 is 4.79 Å². The molecule has 1 saturated carbocycles. The third kappa shape index (κ3) is 4.48. The van der Waals surface area contributed by atoms with Crippen molar-refractivity contribution in [3.05, 3.63) is 0 Å². The van der Waals surface area contributed by atoms with Crippen LogP contribution in [0.5, 0.6) is 0 Å². The van der Waals surface area contributed by atoms with Crippen LogP contribution in [0.4, 0.5) is 0 Å². The fraction of sp³-hybridized carbons (Fsp3) is 0.938. The molecule has 2 unspecified atom stereocenters. The summed E-state index contributed by atoms with van der Waals surface area (Å²) in [6.45, 7) is 7.40. The van der Waals surface area contributed by atoms with Crippen molar-refractivity contribution >= 4 is 5.91 Å². The minimum Gasteiger partial charge on any atom is -0.341 e. The van der Waals surface area contributed by atoms with Gasteiger partial charge in [-0.3, -0.25) is 4.79 Å². The Bertz CT molecular complexity index is 286. The minimum absolute atomic E-state index is 0.349. The van der Waals surface area contributed by atoms with Crippen LogP contribution in [0.1, 0.15) is 58.8 Å². The Morgan fingerprint density at radius 2 is 2.00 bits per heavy atom. The van der Waals surface area contributed by atoms with Gasteiger partial charge in [0.1, 0.15) is 0 Å². The SMILES string of the molecule is CCCC(=O)N1CC(C)CC(NCC2CCCC2)C1. The van der Waals surface area contributed by atoms with Crippen LogP contribution in [0.3, 0.4) is 0 Å². The Morgan fingerprint density at radius 3 is 2.68 bits per heavy atom. The quantitative estimate of drug-likeness (QED) is 0.830. The summed E-state index contributed by atoms with van der Waals surface area (Å²) in [5.74, 6) is 1.87. The third-order valence-corrected chi connectivity index (χ3v) is 4.65. The number of carbonyl (C=O) groups excluding carboxylic acids is 1. The maximum Gasteiger partial charge on any atom is 0.222 e. The molecule has 0 radical (unpaired) electrons. The van der Waals surface area contributed by atoms with Gasteiger partial charge in [0.15, 0.2) is 0 Å². The van der Waals surface area contributed by atoms with Crippen LogP contribution in [-0.2, 0) is 4.79 Å². The second-order valence-electron chi connectivity index (χ2n) is 6.65. The number of piperidine rings is 1. The summed E-state index contributed by atoms with van der Waals surface area (Å²) in [6.07, 6.45) is 8.51. The maximum atomic E-state index is 12.0. The monoisotopic (exact) mass is 266 g/mol. The molecule has 1 amide bonds. The van der Waals surface area contributed by atoms with Gasteiger partial charge in [0.2, 0.25) is 5.91 Å². The van der Waals surface area contributed by atoms with Crippen LogP contribution in [0, 0.1) is 11.8 Å². The second-order valence-corrected chi connectivity index (χ2v) is 6.65. The number of rotatable bonds is 5. The molecule has 0 bridgehead atoms. The highest BCUT2D eigenvalue weighted by atomic mass is 16.2. The number of hydrogen-bond donors (Lipinski definition) is 1. The first-order chi connectivity index (χ1) is 9.19. The van der Waals surface area contributed by atoms with Crippen molar-refractivity contribution in [3.63, 3.8) is 0 Å². The molecule has 0 aromatic heterocycles. The molecule has 0 aromatic carbocycles. The summed E-state index contributed by atoms with van der Waals surface area (Å²) in [4.78, 5) is 14.1. The molecule has 0 aromatic rings. The number of nitrogens with one attached hydrogen (secondary N) is 1. The number of amides is 1. The largest absolute Gasteiger partial charge is 0.341 e. The highest BCUT2D eigenvalue weighted by molar-refractivity contribution is 5.76. The highest BCUT2D eigenvalue weighted by Gasteiger charge is 2.27. The zero-order chi connectivity index (χ0) is 13.7. The molecule has 1 saturated heterocycles. The lowest BCUT2D eigenvalue weighted by Crippen LogP contribution is -2.51.